The maximum atomic E-state index is 12.6. The minimum atomic E-state index is -0.279. The summed E-state index contributed by atoms with van der Waals surface area (Å²) in [6.07, 6.45) is 0. The van der Waals surface area contributed by atoms with Gasteiger partial charge in [-0.25, -0.2) is 4.98 Å². The van der Waals surface area contributed by atoms with Gasteiger partial charge >= 0.3 is 0 Å². The number of likely N-dealkylation sites (N-methyl/N-ethyl adjacent to an activating group) is 1. The van der Waals surface area contributed by atoms with Gasteiger partial charge in [-0.05, 0) is 54.6 Å². The highest BCUT2D eigenvalue weighted by molar-refractivity contribution is 6.04. The first kappa shape index (κ1) is 20.2. The van der Waals surface area contributed by atoms with Crippen LogP contribution in [-0.4, -0.2) is 42.4 Å². The topological polar surface area (TPSA) is 84.7 Å². The van der Waals surface area contributed by atoms with Gasteiger partial charge in [0.25, 0.3) is 11.8 Å². The van der Waals surface area contributed by atoms with E-state index < -0.39 is 0 Å². The molecule has 1 N–H and O–H groups in total. The van der Waals surface area contributed by atoms with E-state index in [9.17, 15) is 9.59 Å². The fraction of sp³-hybridized carbons (Fsp3) is 0.125. The van der Waals surface area contributed by atoms with Crippen molar-refractivity contribution in [1.82, 2.24) is 9.88 Å². The van der Waals surface area contributed by atoms with Gasteiger partial charge in [-0.3, -0.25) is 9.59 Å². The average Bonchev–Trinajstić information content (AvgIpc) is 3.22. The number of carbonyl (C=O) groups excluding carboxylic acids is 2. The van der Waals surface area contributed by atoms with Crippen molar-refractivity contribution in [2.24, 2.45) is 0 Å². The van der Waals surface area contributed by atoms with Gasteiger partial charge in [-0.15, -0.1) is 0 Å². The van der Waals surface area contributed by atoms with Crippen molar-refractivity contribution in [1.29, 1.82) is 0 Å². The van der Waals surface area contributed by atoms with Gasteiger partial charge < -0.3 is 19.4 Å². The first-order chi connectivity index (χ1) is 15.0. The molecule has 0 aliphatic rings. The maximum absolute atomic E-state index is 12.6. The number of amides is 2. The SMILES string of the molecule is CN(C)C(=O)COc1cccc(C(=O)Nc2ccc(-c3nc4ccccc4o3)cc2)c1. The smallest absolute Gasteiger partial charge is 0.259 e. The normalized spacial score (nSPS) is 10.6. The van der Waals surface area contributed by atoms with E-state index >= 15 is 0 Å². The third-order valence-electron chi connectivity index (χ3n) is 4.64. The number of nitrogens with one attached hydrogen (secondary N) is 1. The van der Waals surface area contributed by atoms with Gasteiger partial charge in [0, 0.05) is 30.9 Å². The molecule has 0 spiro atoms. The Bertz CT molecular complexity index is 1200. The van der Waals surface area contributed by atoms with Crippen LogP contribution in [0.5, 0.6) is 5.75 Å². The molecule has 0 aliphatic heterocycles. The molecule has 7 heteroatoms. The number of rotatable bonds is 6. The predicted octanol–water partition coefficient (Wildman–Crippen LogP) is 4.21. The summed E-state index contributed by atoms with van der Waals surface area (Å²) in [5.41, 5.74) is 3.40. The van der Waals surface area contributed by atoms with Crippen LogP contribution in [0, 0.1) is 0 Å². The molecule has 2 amide bonds. The zero-order chi connectivity index (χ0) is 21.8. The lowest BCUT2D eigenvalue weighted by Crippen LogP contribution is -2.27. The van der Waals surface area contributed by atoms with E-state index in [1.54, 1.807) is 50.5 Å². The standard InChI is InChI=1S/C24H21N3O4/c1-27(2)22(28)15-30-19-7-5-6-17(14-19)23(29)25-18-12-10-16(11-13-18)24-26-20-8-3-4-9-21(20)31-24/h3-14H,15H2,1-2H3,(H,25,29). The molecule has 3 aromatic carbocycles. The van der Waals surface area contributed by atoms with E-state index in [1.807, 2.05) is 36.4 Å². The summed E-state index contributed by atoms with van der Waals surface area (Å²) in [6, 6.07) is 21.5. The van der Waals surface area contributed by atoms with Crippen LogP contribution >= 0.6 is 0 Å². The van der Waals surface area contributed by atoms with Crippen LogP contribution in [0.25, 0.3) is 22.6 Å². The summed E-state index contributed by atoms with van der Waals surface area (Å²) in [7, 11) is 3.32. The molecule has 0 radical (unpaired) electrons. The number of ether oxygens (including phenoxy) is 1. The number of hydrogen-bond donors (Lipinski definition) is 1. The fourth-order valence-electron chi connectivity index (χ4n) is 2.90. The van der Waals surface area contributed by atoms with Crippen molar-refractivity contribution < 1.29 is 18.7 Å². The Kier molecular flexibility index (Phi) is 5.66. The Balaban J connectivity index is 1.43. The second kappa shape index (κ2) is 8.71. The van der Waals surface area contributed by atoms with Crippen LogP contribution in [0.15, 0.2) is 77.2 Å². The summed E-state index contributed by atoms with van der Waals surface area (Å²) in [5, 5.41) is 2.85. The third kappa shape index (κ3) is 4.72. The predicted molar refractivity (Wildman–Crippen MR) is 118 cm³/mol. The van der Waals surface area contributed by atoms with Crippen molar-refractivity contribution in [3.63, 3.8) is 0 Å². The van der Waals surface area contributed by atoms with Gasteiger partial charge in [-0.2, -0.15) is 0 Å². The molecule has 1 heterocycles. The van der Waals surface area contributed by atoms with Crippen molar-refractivity contribution in [2.45, 2.75) is 0 Å². The van der Waals surface area contributed by atoms with Gasteiger partial charge in [0.1, 0.15) is 11.3 Å². The van der Waals surface area contributed by atoms with Crippen LogP contribution in [0.4, 0.5) is 5.69 Å². The summed E-state index contributed by atoms with van der Waals surface area (Å²) in [5.74, 6) is 0.540. The molecule has 1 aromatic heterocycles. The Morgan fingerprint density at radius 2 is 1.77 bits per heavy atom. The Morgan fingerprint density at radius 3 is 2.52 bits per heavy atom. The molecule has 0 fully saturated rings. The number of benzene rings is 3. The zero-order valence-electron chi connectivity index (χ0n) is 17.2. The highest BCUT2D eigenvalue weighted by atomic mass is 16.5. The molecule has 4 rings (SSSR count). The third-order valence-corrected chi connectivity index (χ3v) is 4.64. The number of aromatic nitrogens is 1. The van der Waals surface area contributed by atoms with E-state index in [1.165, 1.54) is 4.90 Å². The minimum Gasteiger partial charge on any atom is -0.484 e. The van der Waals surface area contributed by atoms with E-state index in [0.717, 1.165) is 16.7 Å². The van der Waals surface area contributed by atoms with Crippen molar-refractivity contribution in [3.8, 4) is 17.2 Å². The number of anilines is 1. The van der Waals surface area contributed by atoms with Crippen molar-refractivity contribution >= 4 is 28.6 Å². The maximum Gasteiger partial charge on any atom is 0.259 e. The van der Waals surface area contributed by atoms with Crippen molar-refractivity contribution in [2.75, 3.05) is 26.0 Å². The summed E-state index contributed by atoms with van der Waals surface area (Å²) in [4.78, 5) is 30.2. The largest absolute Gasteiger partial charge is 0.484 e. The minimum absolute atomic E-state index is 0.0879. The number of carbonyl (C=O) groups is 2. The first-order valence-electron chi connectivity index (χ1n) is 9.70. The second-order valence-corrected chi connectivity index (χ2v) is 7.12. The van der Waals surface area contributed by atoms with Gasteiger partial charge in [0.05, 0.1) is 0 Å². The highest BCUT2D eigenvalue weighted by Crippen LogP contribution is 2.25. The molecule has 4 aromatic rings. The average molecular weight is 415 g/mol. The lowest BCUT2D eigenvalue weighted by Gasteiger charge is -2.12. The molecule has 0 aliphatic carbocycles. The molecule has 0 saturated carbocycles. The summed E-state index contributed by atoms with van der Waals surface area (Å²) < 4.78 is 11.2. The Labute approximate surface area is 179 Å². The quantitative estimate of drug-likeness (QED) is 0.510. The molecule has 0 unspecified atom stereocenters. The lowest BCUT2D eigenvalue weighted by atomic mass is 10.1. The van der Waals surface area contributed by atoms with Crippen molar-refractivity contribution in [3.05, 3.63) is 78.4 Å². The number of hydrogen-bond acceptors (Lipinski definition) is 5. The Morgan fingerprint density at radius 1 is 1.00 bits per heavy atom. The molecule has 0 atom stereocenters. The number of oxazole rings is 1. The molecule has 156 valence electrons. The molecule has 31 heavy (non-hydrogen) atoms. The monoisotopic (exact) mass is 415 g/mol. The van der Waals surface area contributed by atoms with Crippen LogP contribution in [0.3, 0.4) is 0 Å². The summed E-state index contributed by atoms with van der Waals surface area (Å²) >= 11 is 0. The molecule has 0 bridgehead atoms. The summed E-state index contributed by atoms with van der Waals surface area (Å²) in [6.45, 7) is -0.0879. The van der Waals surface area contributed by atoms with E-state index in [0.29, 0.717) is 22.9 Å². The molecular formula is C24H21N3O4. The molecule has 0 saturated heterocycles. The van der Waals surface area contributed by atoms with Gasteiger partial charge in [-0.1, -0.05) is 18.2 Å². The molecule has 7 nitrogen and oxygen atoms in total. The van der Waals surface area contributed by atoms with E-state index in [4.69, 9.17) is 9.15 Å². The first-order valence-corrected chi connectivity index (χ1v) is 9.70. The number of fused-ring (bicyclic) bond motifs is 1. The van der Waals surface area contributed by atoms with E-state index in [-0.39, 0.29) is 18.4 Å². The van der Waals surface area contributed by atoms with Crippen LogP contribution < -0.4 is 10.1 Å². The molecular weight excluding hydrogens is 394 g/mol. The van der Waals surface area contributed by atoms with Crippen LogP contribution in [-0.2, 0) is 4.79 Å². The lowest BCUT2D eigenvalue weighted by molar-refractivity contribution is -0.130. The second-order valence-electron chi connectivity index (χ2n) is 7.12. The fourth-order valence-corrected chi connectivity index (χ4v) is 2.90. The Hall–Kier alpha value is -4.13. The van der Waals surface area contributed by atoms with E-state index in [2.05, 4.69) is 10.3 Å². The van der Waals surface area contributed by atoms with Gasteiger partial charge in [0.2, 0.25) is 5.89 Å². The van der Waals surface area contributed by atoms with Crippen LogP contribution in [0.1, 0.15) is 10.4 Å². The van der Waals surface area contributed by atoms with Gasteiger partial charge in [0.15, 0.2) is 12.2 Å². The highest BCUT2D eigenvalue weighted by Gasteiger charge is 2.11. The number of nitrogens with zero attached hydrogens (tertiary/aromatic N) is 2. The number of para-hydroxylation sites is 2. The zero-order valence-corrected chi connectivity index (χ0v) is 17.2. The van der Waals surface area contributed by atoms with Crippen LogP contribution in [0.2, 0.25) is 0 Å².